The van der Waals surface area contributed by atoms with Gasteiger partial charge in [0.05, 0.1) is 5.76 Å². The molecule has 0 aliphatic rings. The Morgan fingerprint density at radius 3 is 2.60 bits per heavy atom. The zero-order valence-electron chi connectivity index (χ0n) is 6.80. The van der Waals surface area contributed by atoms with E-state index in [0.717, 1.165) is 19.3 Å². The number of hydrogen-bond acceptors (Lipinski definition) is 1. The van der Waals surface area contributed by atoms with E-state index in [1.165, 1.54) is 0 Å². The number of unbranched alkanes of at least 4 members (excludes halogenated alkanes) is 1. The Balaban J connectivity index is 3.33. The minimum Gasteiger partial charge on any atom is -0.513 e. The standard InChI is InChI=1S/C9H16O/c1-3-5-6-7-8-9(10)4-2/h3,5,8,10H,4,6-7H2,1-2H3. The lowest BCUT2D eigenvalue weighted by atomic mass is 10.2. The summed E-state index contributed by atoms with van der Waals surface area (Å²) in [7, 11) is 0. The maximum Gasteiger partial charge on any atom is 0.0880 e. The van der Waals surface area contributed by atoms with Crippen molar-refractivity contribution in [3.63, 3.8) is 0 Å². The monoisotopic (exact) mass is 140 g/mol. The Morgan fingerprint density at radius 2 is 2.10 bits per heavy atom. The Morgan fingerprint density at radius 1 is 1.40 bits per heavy atom. The fourth-order valence-corrected chi connectivity index (χ4v) is 0.657. The van der Waals surface area contributed by atoms with Crippen LogP contribution in [0.25, 0.3) is 0 Å². The largest absolute Gasteiger partial charge is 0.513 e. The fraction of sp³-hybridized carbons (Fsp3) is 0.556. The van der Waals surface area contributed by atoms with Crippen LogP contribution in [0.4, 0.5) is 0 Å². The van der Waals surface area contributed by atoms with Crippen LogP contribution in [-0.2, 0) is 0 Å². The molecule has 0 saturated carbocycles. The third-order valence-electron chi connectivity index (χ3n) is 1.31. The van der Waals surface area contributed by atoms with E-state index >= 15 is 0 Å². The van der Waals surface area contributed by atoms with Crippen LogP contribution in [0.5, 0.6) is 0 Å². The van der Waals surface area contributed by atoms with Crippen molar-refractivity contribution in [2.75, 3.05) is 0 Å². The van der Waals surface area contributed by atoms with E-state index in [1.54, 1.807) is 0 Å². The highest BCUT2D eigenvalue weighted by Crippen LogP contribution is 1.99. The van der Waals surface area contributed by atoms with Gasteiger partial charge in [0, 0.05) is 6.42 Å². The van der Waals surface area contributed by atoms with E-state index in [1.807, 2.05) is 26.0 Å². The molecule has 0 heterocycles. The number of rotatable bonds is 4. The summed E-state index contributed by atoms with van der Waals surface area (Å²) >= 11 is 0. The van der Waals surface area contributed by atoms with Gasteiger partial charge in [0.25, 0.3) is 0 Å². The molecule has 0 aliphatic carbocycles. The van der Waals surface area contributed by atoms with Gasteiger partial charge in [-0.2, -0.15) is 0 Å². The summed E-state index contributed by atoms with van der Waals surface area (Å²) < 4.78 is 0. The van der Waals surface area contributed by atoms with Crippen LogP contribution in [-0.4, -0.2) is 5.11 Å². The first kappa shape index (κ1) is 9.28. The molecule has 0 radical (unpaired) electrons. The number of aliphatic hydroxyl groups excluding tert-OH is 1. The first-order valence-electron chi connectivity index (χ1n) is 3.80. The normalized spacial score (nSPS) is 12.8. The van der Waals surface area contributed by atoms with E-state index in [2.05, 4.69) is 6.08 Å². The van der Waals surface area contributed by atoms with Gasteiger partial charge >= 0.3 is 0 Å². The molecule has 1 N–H and O–H groups in total. The van der Waals surface area contributed by atoms with Crippen molar-refractivity contribution in [1.82, 2.24) is 0 Å². The van der Waals surface area contributed by atoms with Crippen LogP contribution in [0, 0.1) is 0 Å². The van der Waals surface area contributed by atoms with Crippen molar-refractivity contribution in [2.24, 2.45) is 0 Å². The molecule has 0 aromatic rings. The van der Waals surface area contributed by atoms with E-state index in [-0.39, 0.29) is 0 Å². The fourth-order valence-electron chi connectivity index (χ4n) is 0.657. The molecule has 1 nitrogen and oxygen atoms in total. The molecule has 0 bridgehead atoms. The zero-order chi connectivity index (χ0) is 7.82. The van der Waals surface area contributed by atoms with Crippen LogP contribution in [0.1, 0.15) is 33.1 Å². The molecule has 0 atom stereocenters. The van der Waals surface area contributed by atoms with Crippen LogP contribution in [0.15, 0.2) is 24.0 Å². The second-order valence-corrected chi connectivity index (χ2v) is 2.20. The van der Waals surface area contributed by atoms with Gasteiger partial charge < -0.3 is 5.11 Å². The molecule has 0 fully saturated rings. The lowest BCUT2D eigenvalue weighted by Gasteiger charge is -1.91. The predicted molar refractivity (Wildman–Crippen MR) is 45.1 cm³/mol. The summed E-state index contributed by atoms with van der Waals surface area (Å²) in [4.78, 5) is 0. The zero-order valence-corrected chi connectivity index (χ0v) is 6.80. The van der Waals surface area contributed by atoms with Crippen molar-refractivity contribution in [3.05, 3.63) is 24.0 Å². The van der Waals surface area contributed by atoms with Crippen molar-refractivity contribution in [1.29, 1.82) is 0 Å². The number of hydrogen-bond donors (Lipinski definition) is 1. The maximum atomic E-state index is 8.99. The summed E-state index contributed by atoms with van der Waals surface area (Å²) in [5.74, 6) is 0.504. The summed E-state index contributed by atoms with van der Waals surface area (Å²) in [6.07, 6.45) is 8.72. The lowest BCUT2D eigenvalue weighted by Crippen LogP contribution is -1.75. The Hall–Kier alpha value is -0.720. The average molecular weight is 140 g/mol. The molecule has 0 rings (SSSR count). The van der Waals surface area contributed by atoms with E-state index < -0.39 is 0 Å². The molecule has 58 valence electrons. The quantitative estimate of drug-likeness (QED) is 0.361. The average Bonchev–Trinajstić information content (AvgIpc) is 1.98. The van der Waals surface area contributed by atoms with Crippen molar-refractivity contribution < 1.29 is 5.11 Å². The molecule has 10 heavy (non-hydrogen) atoms. The van der Waals surface area contributed by atoms with Gasteiger partial charge in [0.2, 0.25) is 0 Å². The molecule has 0 unspecified atom stereocenters. The predicted octanol–water partition coefficient (Wildman–Crippen LogP) is 3.19. The summed E-state index contributed by atoms with van der Waals surface area (Å²) in [5.41, 5.74) is 0. The third-order valence-corrected chi connectivity index (χ3v) is 1.31. The third kappa shape index (κ3) is 5.42. The van der Waals surface area contributed by atoms with Crippen molar-refractivity contribution >= 4 is 0 Å². The van der Waals surface area contributed by atoms with E-state index in [0.29, 0.717) is 5.76 Å². The Kier molecular flexibility index (Phi) is 5.94. The van der Waals surface area contributed by atoms with Gasteiger partial charge in [-0.3, -0.25) is 0 Å². The molecular formula is C9H16O. The highest BCUT2D eigenvalue weighted by molar-refractivity contribution is 4.91. The highest BCUT2D eigenvalue weighted by atomic mass is 16.3. The Labute approximate surface area is 63.1 Å². The molecule has 0 aliphatic heterocycles. The van der Waals surface area contributed by atoms with Gasteiger partial charge in [-0.1, -0.05) is 19.1 Å². The summed E-state index contributed by atoms with van der Waals surface area (Å²) in [6.45, 7) is 3.95. The Bertz CT molecular complexity index is 123. The second-order valence-electron chi connectivity index (χ2n) is 2.20. The molecular weight excluding hydrogens is 124 g/mol. The molecule has 0 aromatic carbocycles. The van der Waals surface area contributed by atoms with E-state index in [9.17, 15) is 0 Å². The van der Waals surface area contributed by atoms with Gasteiger partial charge in [-0.25, -0.2) is 0 Å². The van der Waals surface area contributed by atoms with Crippen LogP contribution < -0.4 is 0 Å². The van der Waals surface area contributed by atoms with E-state index in [4.69, 9.17) is 5.11 Å². The topological polar surface area (TPSA) is 20.2 Å². The van der Waals surface area contributed by atoms with Gasteiger partial charge in [-0.05, 0) is 25.8 Å². The molecule has 0 saturated heterocycles. The highest BCUT2D eigenvalue weighted by Gasteiger charge is 1.84. The lowest BCUT2D eigenvalue weighted by molar-refractivity contribution is 0.391. The van der Waals surface area contributed by atoms with Crippen LogP contribution in [0.3, 0.4) is 0 Å². The van der Waals surface area contributed by atoms with Crippen LogP contribution in [0.2, 0.25) is 0 Å². The molecule has 0 spiro atoms. The molecule has 0 aromatic heterocycles. The smallest absolute Gasteiger partial charge is 0.0880 e. The molecule has 1 heteroatoms. The summed E-state index contributed by atoms with van der Waals surface area (Å²) in [6, 6.07) is 0. The molecule has 0 amide bonds. The van der Waals surface area contributed by atoms with Crippen molar-refractivity contribution in [3.8, 4) is 0 Å². The minimum atomic E-state index is 0.504. The van der Waals surface area contributed by atoms with Crippen LogP contribution >= 0.6 is 0 Å². The minimum absolute atomic E-state index is 0.504. The van der Waals surface area contributed by atoms with Gasteiger partial charge in [0.1, 0.15) is 0 Å². The van der Waals surface area contributed by atoms with Crippen molar-refractivity contribution in [2.45, 2.75) is 33.1 Å². The van der Waals surface area contributed by atoms with Gasteiger partial charge in [-0.15, -0.1) is 0 Å². The summed E-state index contributed by atoms with van der Waals surface area (Å²) in [5, 5.41) is 8.99. The number of aliphatic hydroxyl groups is 1. The first-order chi connectivity index (χ1) is 4.81. The second kappa shape index (κ2) is 6.40. The number of allylic oxidation sites excluding steroid dienone is 4. The van der Waals surface area contributed by atoms with Gasteiger partial charge in [0.15, 0.2) is 0 Å². The SMILES string of the molecule is CC=CCCC=C(O)CC. The maximum absolute atomic E-state index is 8.99. The first-order valence-corrected chi connectivity index (χ1v) is 3.80.